The molecule has 0 aliphatic heterocycles. The molecule has 0 bridgehead atoms. The Labute approximate surface area is 830 Å². The summed E-state index contributed by atoms with van der Waals surface area (Å²) in [5, 5.41) is 9.73. The van der Waals surface area contributed by atoms with Gasteiger partial charge in [-0.05, 0) is 261 Å². The third-order valence-electron chi connectivity index (χ3n) is 24.1. The fourth-order valence-corrected chi connectivity index (χ4v) is 20.7. The van der Waals surface area contributed by atoms with Gasteiger partial charge >= 0.3 is 63.2 Å². The molecule has 0 aliphatic carbocycles. The second-order valence-electron chi connectivity index (χ2n) is 32.1. The maximum absolute atomic E-state index is 5.06. The molecule has 648 valence electrons. The molecule has 0 saturated heterocycles. The first-order valence-corrected chi connectivity index (χ1v) is 45.7. The first kappa shape index (κ1) is 85.4. The van der Waals surface area contributed by atoms with Crippen LogP contribution in [0.1, 0.15) is 0 Å². The first-order chi connectivity index (χ1) is 65.3. The van der Waals surface area contributed by atoms with Crippen molar-refractivity contribution >= 4 is 130 Å². The largest absolute Gasteiger partial charge is 2.00 e. The van der Waals surface area contributed by atoms with Crippen molar-refractivity contribution in [2.45, 2.75) is 0 Å². The Morgan fingerprint density at radius 1 is 0.207 bits per heavy atom. The van der Waals surface area contributed by atoms with Gasteiger partial charge in [-0.2, -0.15) is 34.0 Å². The number of nitrogens with zero attached hydrogens (tertiary/aromatic N) is 15. The predicted molar refractivity (Wildman–Crippen MR) is 537 cm³/mol. The molecule has 0 saturated carbocycles. The maximum atomic E-state index is 5.06. The van der Waals surface area contributed by atoms with E-state index in [0.29, 0.717) is 0 Å². The van der Waals surface area contributed by atoms with Crippen molar-refractivity contribution in [2.75, 3.05) is 0 Å². The zero-order valence-electron chi connectivity index (χ0n) is 71.2. The number of pyridine rings is 3. The normalized spacial score (nSPS) is 11.4. The average molecular weight is 2330 g/mol. The number of fused-ring (bicyclic) bond motifs is 12. The predicted octanol–water partition coefficient (Wildman–Crippen LogP) is 27.9. The Morgan fingerprint density at radius 3 is 0.993 bits per heavy atom. The van der Waals surface area contributed by atoms with E-state index in [1.54, 1.807) is 34.0 Å². The molecule has 27 aromatic rings. The summed E-state index contributed by atoms with van der Waals surface area (Å²) in [6.07, 6.45) is 30.2. The van der Waals surface area contributed by atoms with E-state index < -0.39 is 0 Å². The van der Waals surface area contributed by atoms with Gasteiger partial charge in [0.1, 0.15) is 0 Å². The van der Waals surface area contributed by atoms with Gasteiger partial charge in [-0.3, -0.25) is 15.0 Å². The van der Waals surface area contributed by atoms with Gasteiger partial charge in [-0.15, -0.1) is 149 Å². The smallest absolute Gasteiger partial charge is 0.346 e. The minimum atomic E-state index is 0. The molecule has 15 aromatic heterocycles. The van der Waals surface area contributed by atoms with Crippen LogP contribution in [-0.2, 0) is 63.2 Å². The second-order valence-corrected chi connectivity index (χ2v) is 35.2. The van der Waals surface area contributed by atoms with Crippen LogP contribution in [0.15, 0.2) is 421 Å². The number of thiazole rings is 3. The van der Waals surface area contributed by atoms with Crippen LogP contribution in [0.2, 0.25) is 0 Å². The zero-order chi connectivity index (χ0) is 87.1. The third kappa shape index (κ3) is 16.1. The summed E-state index contributed by atoms with van der Waals surface area (Å²) < 4.78 is 23.0. The summed E-state index contributed by atoms with van der Waals surface area (Å²) in [7, 11) is 0. The fraction of sp³-hybridized carbons (Fsp3) is 0. The Kier molecular flexibility index (Phi) is 23.1. The van der Waals surface area contributed by atoms with Gasteiger partial charge in [-0.25, -0.2) is 0 Å². The number of rotatable bonds is 15. The van der Waals surface area contributed by atoms with E-state index in [-0.39, 0.29) is 63.2 Å². The molecular formula is C114H69N15Pt3S3. The minimum absolute atomic E-state index is 0. The standard InChI is InChI=1S/3C38H23N5S.3Pt/c1-2-17-39-33(10-1)26-8-7-9-30(22-26)43-35-16-13-28(41-18-3-4-19-41)24-32(35)31-14-11-27(23-36(31)43)38-40-34-15-12-29(25-37(34)44-38)42-20-5-6-21-42;1-2-17-39-33(10-1)26-8-7-9-30(22-26)43-35-15-12-28(41-18-3-4-19-41)24-32(35)31-14-11-27(23-36(31)43)38-40-34-25-29(13-16-37(34)44-38)42-20-5-6-21-42;1-2-11-35-31(9-1)32-14-12-26(38-40-34-15-13-28(25-37(34)44-38)41-17-5-6-18-41)23-36(32)43(35)30-22-27(33-10-3-4-16-39-33)21-29(24-30)42-19-7-8-20-42;;;/h3*1-21,24-25H;;;/q3*-2;3*+2. The van der Waals surface area contributed by atoms with Crippen LogP contribution in [-0.4, -0.2) is 71.0 Å². The average Bonchev–Trinajstić information content (AvgIpc) is 1.59. The zero-order valence-corrected chi connectivity index (χ0v) is 80.5. The monoisotopic (exact) mass is 2330 g/mol. The number of para-hydroxylation sites is 1. The third-order valence-corrected chi connectivity index (χ3v) is 27.2. The van der Waals surface area contributed by atoms with Crippen molar-refractivity contribution in [1.82, 2.24) is 71.0 Å². The van der Waals surface area contributed by atoms with E-state index in [0.717, 1.165) is 207 Å². The molecule has 0 fully saturated rings. The van der Waals surface area contributed by atoms with Crippen LogP contribution in [0.25, 0.3) is 213 Å². The molecule has 0 aliphatic rings. The molecule has 15 heterocycles. The van der Waals surface area contributed by atoms with Gasteiger partial charge in [0.15, 0.2) is 0 Å². The number of aromatic nitrogens is 15. The van der Waals surface area contributed by atoms with Crippen LogP contribution in [0, 0.1) is 36.4 Å². The van der Waals surface area contributed by atoms with Crippen LogP contribution >= 0.6 is 34.0 Å². The van der Waals surface area contributed by atoms with Crippen molar-refractivity contribution in [3.63, 3.8) is 0 Å². The molecule has 0 spiro atoms. The molecule has 12 aromatic carbocycles. The van der Waals surface area contributed by atoms with Crippen molar-refractivity contribution < 1.29 is 63.2 Å². The summed E-state index contributed by atoms with van der Waals surface area (Å²) in [5.74, 6) is 0. The van der Waals surface area contributed by atoms with E-state index >= 15 is 0 Å². The number of hydrogen-bond donors (Lipinski definition) is 0. The van der Waals surface area contributed by atoms with Gasteiger partial charge in [-0.1, -0.05) is 76.8 Å². The van der Waals surface area contributed by atoms with Crippen LogP contribution in [0.5, 0.6) is 0 Å². The van der Waals surface area contributed by atoms with Gasteiger partial charge in [0.05, 0.1) is 16.6 Å². The van der Waals surface area contributed by atoms with Crippen LogP contribution < -0.4 is 0 Å². The van der Waals surface area contributed by atoms with Crippen molar-refractivity contribution in [1.29, 1.82) is 0 Å². The molecule has 27 rings (SSSR count). The van der Waals surface area contributed by atoms with Crippen LogP contribution in [0.3, 0.4) is 0 Å². The van der Waals surface area contributed by atoms with Gasteiger partial charge < -0.3 is 56.1 Å². The Balaban J connectivity index is 0.000000116. The molecule has 135 heavy (non-hydrogen) atoms. The summed E-state index contributed by atoms with van der Waals surface area (Å²) >= 11 is 5.08. The second kappa shape index (κ2) is 36.5. The van der Waals surface area contributed by atoms with Crippen molar-refractivity contribution in [3.05, 3.63) is 457 Å². The summed E-state index contributed by atoms with van der Waals surface area (Å²) in [6, 6.07) is 136. The van der Waals surface area contributed by atoms with E-state index in [9.17, 15) is 0 Å². The summed E-state index contributed by atoms with van der Waals surface area (Å²) in [6.45, 7) is 0. The van der Waals surface area contributed by atoms with Crippen molar-refractivity contribution in [2.24, 2.45) is 0 Å². The maximum Gasteiger partial charge on any atom is 2.00 e. The molecular weight excluding hydrogens is 2260 g/mol. The van der Waals surface area contributed by atoms with E-state index in [1.807, 2.05) is 146 Å². The first-order valence-electron chi connectivity index (χ1n) is 43.2. The quantitative estimate of drug-likeness (QED) is 0.0943. The van der Waals surface area contributed by atoms with Gasteiger partial charge in [0.2, 0.25) is 0 Å². The fourth-order valence-electron chi connectivity index (χ4n) is 17.8. The van der Waals surface area contributed by atoms with Crippen molar-refractivity contribution in [3.8, 4) is 117 Å². The molecule has 0 unspecified atom stereocenters. The topological polar surface area (TPSA) is 122 Å². The molecule has 0 atom stereocenters. The van der Waals surface area contributed by atoms with E-state index in [4.69, 9.17) is 15.0 Å². The molecule has 15 nitrogen and oxygen atoms in total. The van der Waals surface area contributed by atoms with Gasteiger partial charge in [0, 0.05) is 167 Å². The molecule has 21 heteroatoms. The SMILES string of the molecule is [Pt+2].[Pt+2].[Pt+2].[c-]1c(-c2ccccn2)cc(-n2cccc2)cc1-n1c2[c-]c(-c3nc4ccc(-n5cccc5)cc4s3)ccc2c2ccccc21.[c-]1c(-c2ccccn2)cccc1-n1c2[c-]c(-c3nc4cc(-n5cccc5)ccc4s3)ccc2c2cc(-n3cccc3)ccc21.[c-]1c(-c2ccccn2)cccc1-n1c2[c-]c(-c3nc4ccc(-n5cccc5)cc4s3)ccc2c2cc(-n3cccc3)ccc21. The Bertz CT molecular complexity index is 8620. The molecule has 0 amide bonds. The number of benzene rings is 12. The van der Waals surface area contributed by atoms with E-state index in [1.165, 1.54) is 5.39 Å². The Hall–Kier alpha value is -15.1. The van der Waals surface area contributed by atoms with E-state index in [2.05, 4.69) is 367 Å². The summed E-state index contributed by atoms with van der Waals surface area (Å²) in [5.41, 5.74) is 27.0. The van der Waals surface area contributed by atoms with Crippen LogP contribution in [0.4, 0.5) is 0 Å². The minimum Gasteiger partial charge on any atom is -0.346 e. The summed E-state index contributed by atoms with van der Waals surface area (Å²) in [4.78, 5) is 28.9. The number of hydrogen-bond acceptors (Lipinski definition) is 9. The molecule has 0 radical (unpaired) electrons. The van der Waals surface area contributed by atoms with Gasteiger partial charge in [0.25, 0.3) is 0 Å². The molecule has 0 N–H and O–H groups in total. The Morgan fingerprint density at radius 2 is 0.556 bits per heavy atom.